The Hall–Kier alpha value is -1.55. The molecule has 2 saturated carbocycles. The molecule has 0 aromatic rings. The first-order valence-electron chi connectivity index (χ1n) is 18.3. The molecule has 21 nitrogen and oxygen atoms in total. The Morgan fingerprint density at radius 3 is 2.13 bits per heavy atom. The highest BCUT2D eigenvalue weighted by Crippen LogP contribution is 2.34. The molecule has 5 rings (SSSR count). The summed E-state index contributed by atoms with van der Waals surface area (Å²) in [7, 11) is 0. The van der Waals surface area contributed by atoms with Gasteiger partial charge in [0.2, 0.25) is 5.91 Å². The molecule has 4 fully saturated rings. The third-order valence-corrected chi connectivity index (χ3v) is 10.6. The van der Waals surface area contributed by atoms with Crippen LogP contribution in [-0.4, -0.2) is 186 Å². The summed E-state index contributed by atoms with van der Waals surface area (Å²) in [5.41, 5.74) is 36.1. The number of carbonyl (C=O) groups excluding carboxylic acids is 1. The molecular weight excluding hydrogens is 704 g/mol. The van der Waals surface area contributed by atoms with E-state index in [2.05, 4.69) is 10.6 Å². The van der Waals surface area contributed by atoms with Gasteiger partial charge in [-0.25, -0.2) is 0 Å². The molecule has 1 amide bonds. The van der Waals surface area contributed by atoms with Crippen LogP contribution in [-0.2, 0) is 33.2 Å². The Balaban J connectivity index is 1.31. The van der Waals surface area contributed by atoms with Gasteiger partial charge < -0.3 is 104 Å². The average Bonchev–Trinajstić information content (AvgIpc) is 3.41. The van der Waals surface area contributed by atoms with Crippen molar-refractivity contribution in [1.29, 1.82) is 0 Å². The second-order valence-corrected chi connectivity index (χ2v) is 14.7. The van der Waals surface area contributed by atoms with Gasteiger partial charge in [-0.3, -0.25) is 4.79 Å². The summed E-state index contributed by atoms with van der Waals surface area (Å²) in [4.78, 5) is 12.8. The molecule has 0 aromatic carbocycles. The largest absolute Gasteiger partial charge is 0.394 e. The maximum Gasteiger partial charge on any atom is 0.249 e. The molecule has 3 aliphatic heterocycles. The molecule has 3 heterocycles. The van der Waals surface area contributed by atoms with Crippen LogP contribution in [0.15, 0.2) is 12.2 Å². The highest BCUT2D eigenvalue weighted by Gasteiger charge is 2.54. The Morgan fingerprint density at radius 2 is 1.47 bits per heavy atom. The molecule has 53 heavy (non-hydrogen) atoms. The van der Waals surface area contributed by atoms with E-state index in [1.165, 1.54) is 0 Å². The van der Waals surface area contributed by atoms with Crippen LogP contribution in [0.25, 0.3) is 0 Å². The Bertz CT molecular complexity index is 1190. The minimum Gasteiger partial charge on any atom is -0.394 e. The Labute approximate surface area is 307 Å². The van der Waals surface area contributed by atoms with Crippen LogP contribution in [0.3, 0.4) is 0 Å². The van der Waals surface area contributed by atoms with E-state index in [9.17, 15) is 35.4 Å². The molecule has 306 valence electrons. The van der Waals surface area contributed by atoms with E-state index in [1.54, 1.807) is 6.08 Å². The smallest absolute Gasteiger partial charge is 0.249 e. The molecule has 0 radical (unpaired) electrons. The van der Waals surface area contributed by atoms with Gasteiger partial charge in [-0.1, -0.05) is 12.2 Å². The Kier molecular flexibility index (Phi) is 15.3. The van der Waals surface area contributed by atoms with Crippen LogP contribution >= 0.6 is 0 Å². The van der Waals surface area contributed by atoms with Gasteiger partial charge in [0.05, 0.1) is 30.8 Å². The lowest BCUT2D eigenvalue weighted by Crippen LogP contribution is -2.67. The molecule has 20 N–H and O–H groups in total. The zero-order valence-corrected chi connectivity index (χ0v) is 29.6. The normalized spacial score (nSPS) is 46.5. The summed E-state index contributed by atoms with van der Waals surface area (Å²) in [6, 6.07) is -3.74. The summed E-state index contributed by atoms with van der Waals surface area (Å²) in [6.45, 7) is 0.442. The molecule has 1 unspecified atom stereocenters. The van der Waals surface area contributed by atoms with Crippen LogP contribution in [0.4, 0.5) is 0 Å². The number of ether oxygens (including phenoxy) is 6. The van der Waals surface area contributed by atoms with Gasteiger partial charge in [0.15, 0.2) is 18.9 Å². The van der Waals surface area contributed by atoms with E-state index in [1.807, 2.05) is 6.08 Å². The third-order valence-electron chi connectivity index (χ3n) is 10.6. The number of nitrogens with one attached hydrogen (secondary N) is 2. The predicted molar refractivity (Wildman–Crippen MR) is 184 cm³/mol. The zero-order chi connectivity index (χ0) is 38.6. The first-order valence-corrected chi connectivity index (χ1v) is 18.3. The van der Waals surface area contributed by atoms with Gasteiger partial charge in [0.25, 0.3) is 0 Å². The SMILES string of the molecule is NCCC(O)C(=O)N[C@@H]1C[C@H](N)[C@@H](O[C@H]2O[C@H](CNCC3CC(N)C3)C=C[C@H]2N)[C@H](O[C@@H]2O[C@H](CO)[C@@H](O[C@H]3O[C@@H](CN)[C@@H](O)[C@H](O)[C@H]3N)[C@H]2O)[C@H]1O. The van der Waals surface area contributed by atoms with E-state index in [0.29, 0.717) is 12.5 Å². The topological polar surface area (TPSA) is 374 Å². The number of carbonyl (C=O) groups is 1. The molecule has 2 aliphatic carbocycles. The fraction of sp³-hybridized carbons (Fsp3) is 0.906. The van der Waals surface area contributed by atoms with Crippen LogP contribution in [0.2, 0.25) is 0 Å². The van der Waals surface area contributed by atoms with Crippen LogP contribution in [0.1, 0.15) is 25.7 Å². The molecule has 18 atom stereocenters. The van der Waals surface area contributed by atoms with E-state index in [0.717, 1.165) is 19.4 Å². The minimum absolute atomic E-state index is 0.0223. The van der Waals surface area contributed by atoms with E-state index >= 15 is 0 Å². The van der Waals surface area contributed by atoms with Crippen molar-refractivity contribution in [2.75, 3.05) is 32.8 Å². The summed E-state index contributed by atoms with van der Waals surface area (Å²) in [5.74, 6) is -0.293. The maximum atomic E-state index is 12.8. The Morgan fingerprint density at radius 1 is 0.792 bits per heavy atom. The van der Waals surface area contributed by atoms with E-state index < -0.39 is 123 Å². The first kappa shape index (κ1) is 42.6. The van der Waals surface area contributed by atoms with Gasteiger partial charge in [0, 0.05) is 25.2 Å². The second kappa shape index (κ2) is 19.1. The summed E-state index contributed by atoms with van der Waals surface area (Å²) >= 11 is 0. The highest BCUT2D eigenvalue weighted by atomic mass is 16.8. The van der Waals surface area contributed by atoms with Gasteiger partial charge in [-0.05, 0) is 44.7 Å². The summed E-state index contributed by atoms with van der Waals surface area (Å²) in [5, 5.41) is 70.2. The maximum absolute atomic E-state index is 12.8. The van der Waals surface area contributed by atoms with Crippen molar-refractivity contribution in [2.45, 2.75) is 142 Å². The van der Waals surface area contributed by atoms with Crippen molar-refractivity contribution in [3.05, 3.63) is 12.2 Å². The quantitative estimate of drug-likeness (QED) is 0.0649. The van der Waals surface area contributed by atoms with Crippen LogP contribution in [0.5, 0.6) is 0 Å². The van der Waals surface area contributed by atoms with Crippen LogP contribution in [0, 0.1) is 5.92 Å². The zero-order valence-electron chi connectivity index (χ0n) is 29.6. The van der Waals surface area contributed by atoms with Crippen molar-refractivity contribution in [3.63, 3.8) is 0 Å². The fourth-order valence-corrected chi connectivity index (χ4v) is 7.42. The number of amides is 1. The van der Waals surface area contributed by atoms with Gasteiger partial charge in [-0.2, -0.15) is 0 Å². The van der Waals surface area contributed by atoms with E-state index in [4.69, 9.17) is 62.8 Å². The lowest BCUT2D eigenvalue weighted by atomic mass is 9.81. The van der Waals surface area contributed by atoms with Crippen molar-refractivity contribution >= 4 is 5.91 Å². The monoisotopic (exact) mass is 764 g/mol. The second-order valence-electron chi connectivity index (χ2n) is 14.7. The molecule has 5 aliphatic rings. The molecule has 21 heteroatoms. The van der Waals surface area contributed by atoms with E-state index in [-0.39, 0.29) is 32.0 Å². The first-order chi connectivity index (χ1) is 25.3. The van der Waals surface area contributed by atoms with Gasteiger partial charge in [-0.15, -0.1) is 0 Å². The summed E-state index contributed by atoms with van der Waals surface area (Å²) < 4.78 is 36.1. The number of hydrogen-bond acceptors (Lipinski definition) is 20. The van der Waals surface area contributed by atoms with Crippen LogP contribution < -0.4 is 45.0 Å². The number of aliphatic hydroxyl groups is 6. The van der Waals surface area contributed by atoms with Gasteiger partial charge >= 0.3 is 0 Å². The fourth-order valence-electron chi connectivity index (χ4n) is 7.42. The van der Waals surface area contributed by atoms with Crippen molar-refractivity contribution in [1.82, 2.24) is 10.6 Å². The molecule has 2 saturated heterocycles. The van der Waals surface area contributed by atoms with Crippen molar-refractivity contribution in [3.8, 4) is 0 Å². The number of hydrogen-bond donors (Lipinski definition) is 14. The highest BCUT2D eigenvalue weighted by molar-refractivity contribution is 5.80. The molecular formula is C32H60N8O13. The standard InChI is InChI=1S/C32H60N8O13/c33-4-3-18(42)29(47)40-17-7-16(37)26(51-30-15(36)2-1-14(48-30)10-39-9-12-5-13(35)6-12)28(22(17)43)53-32-25(46)27(20(11-41)50-32)52-31-21(38)24(45)23(44)19(8-34)49-31/h1-2,12-28,30-32,39,41-46H,3-11,33-38H2,(H,40,47)/t12?,13?,14-,15+,16-,17+,18?,19-,20+,21+,22-,23+,24+,25+,26+,27+,28+,30+,31+,32-/m0/s1. The molecule has 0 aromatic heterocycles. The van der Waals surface area contributed by atoms with Crippen molar-refractivity contribution < 1.29 is 63.9 Å². The molecule has 0 spiro atoms. The lowest BCUT2D eigenvalue weighted by molar-refractivity contribution is -0.284. The number of aliphatic hydroxyl groups excluding tert-OH is 6. The lowest BCUT2D eigenvalue weighted by Gasteiger charge is -2.46. The van der Waals surface area contributed by atoms with Gasteiger partial charge in [0.1, 0.15) is 61.0 Å². The molecule has 0 bridgehead atoms. The number of rotatable bonds is 16. The third kappa shape index (κ3) is 10.1. The number of nitrogens with two attached hydrogens (primary N) is 6. The summed E-state index contributed by atoms with van der Waals surface area (Å²) in [6.07, 6.45) is -12.7. The predicted octanol–water partition coefficient (Wildman–Crippen LogP) is -7.83. The van der Waals surface area contributed by atoms with Crippen molar-refractivity contribution in [2.24, 2.45) is 40.3 Å². The minimum atomic E-state index is -1.65. The average molecular weight is 765 g/mol.